The van der Waals surface area contributed by atoms with E-state index >= 15 is 0 Å². The number of benzene rings is 2. The molecule has 1 aliphatic heterocycles. The Balaban J connectivity index is 1.33. The molecule has 0 saturated carbocycles. The number of rotatable bonds is 6. The summed E-state index contributed by atoms with van der Waals surface area (Å²) >= 11 is 0. The Bertz CT molecular complexity index is 1750. The van der Waals surface area contributed by atoms with Crippen molar-refractivity contribution in [2.45, 2.75) is 18.8 Å². The van der Waals surface area contributed by atoms with Gasteiger partial charge >= 0.3 is 6.18 Å². The molecule has 10 nitrogen and oxygen atoms in total. The number of halogens is 3. The first-order chi connectivity index (χ1) is 19.8. The molecule has 0 spiro atoms. The number of nitrogens with one attached hydrogen (secondary N) is 1. The number of pyridine rings is 1. The number of para-hydroxylation sites is 1. The molecule has 41 heavy (non-hydrogen) atoms. The van der Waals surface area contributed by atoms with E-state index in [1.165, 1.54) is 37.3 Å². The molecule has 5 aromatic rings. The number of aromatic amines is 1. The minimum absolute atomic E-state index is 0.109. The summed E-state index contributed by atoms with van der Waals surface area (Å²) in [4.78, 5) is 31.2. The molecule has 1 fully saturated rings. The predicted octanol–water partition coefficient (Wildman–Crippen LogP) is 4.61. The van der Waals surface area contributed by atoms with Crippen LogP contribution >= 0.6 is 0 Å². The van der Waals surface area contributed by atoms with Crippen molar-refractivity contribution in [1.82, 2.24) is 29.4 Å². The fourth-order valence-electron chi connectivity index (χ4n) is 5.05. The zero-order valence-corrected chi connectivity index (χ0v) is 22.1. The molecule has 1 aliphatic rings. The van der Waals surface area contributed by atoms with Gasteiger partial charge in [0.2, 0.25) is 17.6 Å². The van der Waals surface area contributed by atoms with Crippen molar-refractivity contribution in [3.8, 4) is 22.9 Å². The Morgan fingerprint density at radius 3 is 2.71 bits per heavy atom. The van der Waals surface area contributed by atoms with Crippen LogP contribution < -0.4 is 9.47 Å². The van der Waals surface area contributed by atoms with Gasteiger partial charge in [0.05, 0.1) is 61.4 Å². The Morgan fingerprint density at radius 2 is 1.93 bits per heavy atom. The Labute approximate surface area is 231 Å². The van der Waals surface area contributed by atoms with Gasteiger partial charge in [0.1, 0.15) is 24.2 Å². The van der Waals surface area contributed by atoms with Gasteiger partial charge < -0.3 is 28.7 Å². The number of fused-ring (bicyclic) bond motifs is 2. The summed E-state index contributed by atoms with van der Waals surface area (Å²) in [6.45, 7) is -0.0397. The summed E-state index contributed by atoms with van der Waals surface area (Å²) in [6.07, 6.45) is -3.15. The van der Waals surface area contributed by atoms with Gasteiger partial charge in [-0.2, -0.15) is 13.2 Å². The monoisotopic (exact) mass is 566 g/mol. The number of aromatic nitrogens is 5. The topological polar surface area (TPSA) is 107 Å². The maximum atomic E-state index is 13.9. The van der Waals surface area contributed by atoms with Gasteiger partial charge in [0, 0.05) is 18.0 Å². The molecule has 0 radical (unpaired) electrons. The highest BCUT2D eigenvalue weighted by molar-refractivity contribution is 5.85. The molecule has 2 aromatic carbocycles. The lowest BCUT2D eigenvalue weighted by Gasteiger charge is -2.34. The summed E-state index contributed by atoms with van der Waals surface area (Å²) < 4.78 is 59.0. The Morgan fingerprint density at radius 1 is 1.10 bits per heavy atom. The number of H-pyrrole nitrogens is 1. The van der Waals surface area contributed by atoms with E-state index in [4.69, 9.17) is 14.2 Å². The second kappa shape index (κ2) is 10.4. The third-order valence-electron chi connectivity index (χ3n) is 7.03. The molecule has 1 saturated heterocycles. The standard InChI is InChI=1S/C28H25F3N6O4/c1-39-17-7-8-20-22(12-17)37(27(35-20)28(29,30)31)14-24(38)36-9-10-41-15-23(36)25-32-13-21(33-25)18-11-16-5-3-4-6-19(16)34-26(18)40-2/h3-8,11-13,23H,9-10,14-15H2,1-2H3,(H,32,33). The molecule has 13 heteroatoms. The molecule has 1 amide bonds. The molecular weight excluding hydrogens is 541 g/mol. The van der Waals surface area contributed by atoms with Crippen molar-refractivity contribution >= 4 is 27.8 Å². The van der Waals surface area contributed by atoms with Crippen LogP contribution in [0.15, 0.2) is 54.7 Å². The summed E-state index contributed by atoms with van der Waals surface area (Å²) in [7, 11) is 2.94. The van der Waals surface area contributed by atoms with Crippen LogP contribution in [0.25, 0.3) is 33.2 Å². The van der Waals surface area contributed by atoms with Gasteiger partial charge in [-0.25, -0.2) is 15.0 Å². The number of hydrogen-bond acceptors (Lipinski definition) is 7. The number of ether oxygens (including phenoxy) is 3. The summed E-state index contributed by atoms with van der Waals surface area (Å²) in [5.74, 6) is -0.514. The van der Waals surface area contributed by atoms with Crippen molar-refractivity contribution in [1.29, 1.82) is 0 Å². The van der Waals surface area contributed by atoms with Crippen LogP contribution in [0.1, 0.15) is 17.7 Å². The second-order valence-corrected chi connectivity index (χ2v) is 9.47. The number of amides is 1. The number of imidazole rings is 2. The lowest BCUT2D eigenvalue weighted by atomic mass is 10.1. The van der Waals surface area contributed by atoms with E-state index in [1.54, 1.807) is 6.20 Å². The molecule has 0 bridgehead atoms. The average molecular weight is 567 g/mol. The highest BCUT2D eigenvalue weighted by atomic mass is 19.4. The van der Waals surface area contributed by atoms with Gasteiger partial charge in [0.25, 0.3) is 0 Å². The zero-order chi connectivity index (χ0) is 28.7. The third-order valence-corrected chi connectivity index (χ3v) is 7.03. The van der Waals surface area contributed by atoms with Gasteiger partial charge in [-0.15, -0.1) is 0 Å². The largest absolute Gasteiger partial charge is 0.497 e. The molecule has 3 aromatic heterocycles. The molecule has 0 aliphatic carbocycles. The van der Waals surface area contributed by atoms with Crippen molar-refractivity contribution in [3.63, 3.8) is 0 Å². The van der Waals surface area contributed by atoms with E-state index in [1.807, 2.05) is 30.3 Å². The molecule has 4 heterocycles. The maximum absolute atomic E-state index is 13.9. The van der Waals surface area contributed by atoms with Crippen molar-refractivity contribution in [2.24, 2.45) is 0 Å². The summed E-state index contributed by atoms with van der Waals surface area (Å²) in [6, 6.07) is 13.3. The van der Waals surface area contributed by atoms with Gasteiger partial charge in [-0.1, -0.05) is 18.2 Å². The summed E-state index contributed by atoms with van der Waals surface area (Å²) in [5.41, 5.74) is 2.31. The zero-order valence-electron chi connectivity index (χ0n) is 22.1. The van der Waals surface area contributed by atoms with Crippen molar-refractivity contribution in [3.05, 3.63) is 66.4 Å². The van der Waals surface area contributed by atoms with Crippen LogP contribution in [0.2, 0.25) is 0 Å². The number of carbonyl (C=O) groups excluding carboxylic acids is 1. The van der Waals surface area contributed by atoms with Gasteiger partial charge in [-0.3, -0.25) is 4.79 Å². The number of nitrogens with zero attached hydrogens (tertiary/aromatic N) is 5. The fraction of sp³-hybridized carbons (Fsp3) is 0.286. The predicted molar refractivity (Wildman–Crippen MR) is 142 cm³/mol. The van der Waals surface area contributed by atoms with Crippen LogP contribution in [0.4, 0.5) is 13.2 Å². The normalized spacial score (nSPS) is 15.9. The Hall–Kier alpha value is -4.65. The van der Waals surface area contributed by atoms with E-state index < -0.39 is 30.5 Å². The second-order valence-electron chi connectivity index (χ2n) is 9.47. The first-order valence-electron chi connectivity index (χ1n) is 12.7. The van der Waals surface area contributed by atoms with E-state index in [-0.39, 0.29) is 30.8 Å². The van der Waals surface area contributed by atoms with Gasteiger partial charge in [-0.05, 0) is 24.3 Å². The highest BCUT2D eigenvalue weighted by Gasteiger charge is 2.39. The number of morpholine rings is 1. The third kappa shape index (κ3) is 4.92. The van der Waals surface area contributed by atoms with E-state index in [9.17, 15) is 18.0 Å². The van der Waals surface area contributed by atoms with Crippen molar-refractivity contribution in [2.75, 3.05) is 34.0 Å². The van der Waals surface area contributed by atoms with Crippen LogP contribution in [0.5, 0.6) is 11.6 Å². The minimum atomic E-state index is -4.76. The SMILES string of the molecule is COc1ccc2nc(C(F)(F)F)n(CC(=O)N3CCOCC3c3ncc(-c4cc5ccccc5nc4OC)[nH]3)c2c1. The molecule has 212 valence electrons. The van der Waals surface area contributed by atoms with E-state index in [0.717, 1.165) is 15.5 Å². The average Bonchev–Trinajstić information content (AvgIpc) is 3.61. The van der Waals surface area contributed by atoms with E-state index in [0.29, 0.717) is 28.7 Å². The lowest BCUT2D eigenvalue weighted by Crippen LogP contribution is -2.45. The smallest absolute Gasteiger partial charge is 0.449 e. The molecule has 6 rings (SSSR count). The number of hydrogen-bond donors (Lipinski definition) is 1. The molecular formula is C28H25F3N6O4. The van der Waals surface area contributed by atoms with E-state index in [2.05, 4.69) is 19.9 Å². The fourth-order valence-corrected chi connectivity index (χ4v) is 5.05. The molecule has 1 atom stereocenters. The quantitative estimate of drug-likeness (QED) is 0.320. The number of alkyl halides is 3. The number of carbonyl (C=O) groups is 1. The minimum Gasteiger partial charge on any atom is -0.497 e. The molecule has 1 N–H and O–H groups in total. The maximum Gasteiger partial charge on any atom is 0.449 e. The van der Waals surface area contributed by atoms with Crippen LogP contribution in [-0.2, 0) is 22.3 Å². The van der Waals surface area contributed by atoms with Gasteiger partial charge in [0.15, 0.2) is 0 Å². The van der Waals surface area contributed by atoms with Crippen LogP contribution in [0, 0.1) is 0 Å². The van der Waals surface area contributed by atoms with Crippen molar-refractivity contribution < 1.29 is 32.2 Å². The first-order valence-corrected chi connectivity index (χ1v) is 12.7. The highest BCUT2D eigenvalue weighted by Crippen LogP contribution is 2.35. The summed E-state index contributed by atoms with van der Waals surface area (Å²) in [5, 5.41) is 0.905. The number of methoxy groups -OCH3 is 2. The first kappa shape index (κ1) is 26.6. The van der Waals surface area contributed by atoms with Crippen LogP contribution in [-0.4, -0.2) is 69.3 Å². The molecule has 1 unspecified atom stereocenters. The van der Waals surface area contributed by atoms with Crippen LogP contribution in [0.3, 0.4) is 0 Å². The lowest BCUT2D eigenvalue weighted by molar-refractivity contribution is -0.149. The Kier molecular flexibility index (Phi) is 6.73.